The van der Waals surface area contributed by atoms with E-state index in [1.54, 1.807) is 11.8 Å². The molecule has 0 aliphatic carbocycles. The minimum absolute atomic E-state index is 0.0384. The first kappa shape index (κ1) is 17.3. The van der Waals surface area contributed by atoms with Crippen LogP contribution in [0, 0.1) is 0 Å². The number of sulfonamides is 1. The van der Waals surface area contributed by atoms with Gasteiger partial charge in [0.05, 0.1) is 5.25 Å². The van der Waals surface area contributed by atoms with Gasteiger partial charge in [-0.05, 0) is 20.3 Å². The van der Waals surface area contributed by atoms with Gasteiger partial charge >= 0.3 is 0 Å². The Morgan fingerprint density at radius 1 is 1.28 bits per heavy atom. The summed E-state index contributed by atoms with van der Waals surface area (Å²) in [4.78, 5) is 13.3. The Balaban J connectivity index is 4.23. The summed E-state index contributed by atoms with van der Waals surface area (Å²) in [6.45, 7) is 7.08. The third kappa shape index (κ3) is 5.32. The highest BCUT2D eigenvalue weighted by atomic mass is 32.2. The third-order valence-corrected chi connectivity index (χ3v) is 4.93. The molecule has 108 valence electrons. The zero-order chi connectivity index (χ0) is 14.2. The van der Waals surface area contributed by atoms with Gasteiger partial charge in [0.2, 0.25) is 15.9 Å². The van der Waals surface area contributed by atoms with Crippen molar-refractivity contribution in [1.82, 2.24) is 9.62 Å². The van der Waals surface area contributed by atoms with E-state index in [-0.39, 0.29) is 25.4 Å². The zero-order valence-corrected chi connectivity index (χ0v) is 12.3. The number of hydrogen-bond acceptors (Lipinski definition) is 4. The van der Waals surface area contributed by atoms with Crippen LogP contribution in [0.3, 0.4) is 0 Å². The molecule has 1 atom stereocenters. The summed E-state index contributed by atoms with van der Waals surface area (Å²) in [7, 11) is -3.40. The molecule has 0 rings (SSSR count). The van der Waals surface area contributed by atoms with E-state index < -0.39 is 15.3 Å². The average Bonchev–Trinajstić information content (AvgIpc) is 2.31. The molecule has 0 aliphatic heterocycles. The van der Waals surface area contributed by atoms with Crippen LogP contribution in [0.5, 0.6) is 0 Å². The lowest BCUT2D eigenvalue weighted by atomic mass is 10.3. The van der Waals surface area contributed by atoms with Crippen molar-refractivity contribution in [2.75, 3.05) is 26.2 Å². The van der Waals surface area contributed by atoms with Crippen molar-refractivity contribution < 1.29 is 13.2 Å². The molecule has 0 aliphatic rings. The summed E-state index contributed by atoms with van der Waals surface area (Å²) in [5, 5.41) is -0.582. The highest BCUT2D eigenvalue weighted by Crippen LogP contribution is 2.02. The lowest BCUT2D eigenvalue weighted by molar-refractivity contribution is -0.130. The highest BCUT2D eigenvalue weighted by Gasteiger charge is 2.22. The Morgan fingerprint density at radius 2 is 1.83 bits per heavy atom. The normalized spacial score (nSPS) is 13.3. The van der Waals surface area contributed by atoms with E-state index >= 15 is 0 Å². The molecule has 1 amide bonds. The van der Waals surface area contributed by atoms with Gasteiger partial charge in [-0.1, -0.05) is 6.92 Å². The van der Waals surface area contributed by atoms with Crippen LogP contribution in [-0.4, -0.2) is 50.7 Å². The van der Waals surface area contributed by atoms with Gasteiger partial charge in [-0.2, -0.15) is 0 Å². The van der Waals surface area contributed by atoms with Crippen LogP contribution in [-0.2, 0) is 14.8 Å². The third-order valence-electron chi connectivity index (χ3n) is 2.92. The number of nitrogens with zero attached hydrogens (tertiary/aromatic N) is 1. The van der Waals surface area contributed by atoms with Crippen LogP contribution < -0.4 is 10.5 Å². The van der Waals surface area contributed by atoms with E-state index in [0.717, 1.165) is 0 Å². The summed E-state index contributed by atoms with van der Waals surface area (Å²) >= 11 is 0. The van der Waals surface area contributed by atoms with Gasteiger partial charge in [-0.15, -0.1) is 0 Å². The lowest BCUT2D eigenvalue weighted by Gasteiger charge is -2.19. The minimum Gasteiger partial charge on any atom is -0.343 e. The molecular weight excluding hydrogens is 254 g/mol. The molecule has 0 aromatic heterocycles. The average molecular weight is 279 g/mol. The van der Waals surface area contributed by atoms with Crippen molar-refractivity contribution in [2.24, 2.45) is 5.73 Å². The first-order chi connectivity index (χ1) is 8.42. The van der Waals surface area contributed by atoms with Crippen molar-refractivity contribution in [3.05, 3.63) is 0 Å². The monoisotopic (exact) mass is 279 g/mol. The molecule has 0 bridgehead atoms. The second-order valence-corrected chi connectivity index (χ2v) is 6.07. The molecular formula is C11H25N3O3S. The molecule has 0 radical (unpaired) electrons. The van der Waals surface area contributed by atoms with E-state index in [4.69, 9.17) is 5.73 Å². The molecule has 0 saturated carbocycles. The molecule has 0 fully saturated rings. The fourth-order valence-electron chi connectivity index (χ4n) is 1.67. The van der Waals surface area contributed by atoms with Gasteiger partial charge in [0, 0.05) is 32.6 Å². The maximum Gasteiger partial charge on any atom is 0.223 e. The number of nitrogens with one attached hydrogen (secondary N) is 1. The van der Waals surface area contributed by atoms with Gasteiger partial charge < -0.3 is 10.6 Å². The predicted octanol–water partition coefficient (Wildman–Crippen LogP) is -0.0984. The molecule has 1 unspecified atom stereocenters. The van der Waals surface area contributed by atoms with Crippen LogP contribution in [0.2, 0.25) is 0 Å². The van der Waals surface area contributed by atoms with Crippen LogP contribution >= 0.6 is 0 Å². The molecule has 6 nitrogen and oxygen atoms in total. The minimum atomic E-state index is -3.40. The fourth-order valence-corrected chi connectivity index (χ4v) is 2.98. The smallest absolute Gasteiger partial charge is 0.223 e. The molecule has 0 aromatic carbocycles. The van der Waals surface area contributed by atoms with E-state index in [1.165, 1.54) is 0 Å². The predicted molar refractivity (Wildman–Crippen MR) is 72.6 cm³/mol. The molecule has 0 aromatic rings. The fraction of sp³-hybridized carbons (Fsp3) is 0.909. The van der Waals surface area contributed by atoms with Gasteiger partial charge in [-0.3, -0.25) is 4.79 Å². The van der Waals surface area contributed by atoms with Crippen LogP contribution in [0.1, 0.15) is 33.6 Å². The quantitative estimate of drug-likeness (QED) is 0.616. The van der Waals surface area contributed by atoms with Crippen LogP contribution in [0.25, 0.3) is 0 Å². The van der Waals surface area contributed by atoms with E-state index in [0.29, 0.717) is 19.5 Å². The Bertz CT molecular complexity index is 335. The summed E-state index contributed by atoms with van der Waals surface area (Å²) in [5.41, 5.74) is 5.40. The SMILES string of the molecule is CCC(CN)S(=O)(=O)NCCC(=O)N(CC)CC. The summed E-state index contributed by atoms with van der Waals surface area (Å²) in [5.74, 6) is -0.0384. The van der Waals surface area contributed by atoms with Crippen molar-refractivity contribution in [3.63, 3.8) is 0 Å². The number of amides is 1. The van der Waals surface area contributed by atoms with Gasteiger partial charge in [0.25, 0.3) is 0 Å². The number of carbonyl (C=O) groups is 1. The second kappa shape index (κ2) is 8.44. The Kier molecular flexibility index (Phi) is 8.13. The Hall–Kier alpha value is -0.660. The first-order valence-corrected chi connectivity index (χ1v) is 7.93. The van der Waals surface area contributed by atoms with Crippen molar-refractivity contribution in [3.8, 4) is 0 Å². The summed E-state index contributed by atoms with van der Waals surface area (Å²) < 4.78 is 26.0. The van der Waals surface area contributed by atoms with E-state index in [1.807, 2.05) is 13.8 Å². The lowest BCUT2D eigenvalue weighted by Crippen LogP contribution is -2.40. The second-order valence-electron chi connectivity index (χ2n) is 4.02. The number of nitrogens with two attached hydrogens (primary N) is 1. The molecule has 7 heteroatoms. The topological polar surface area (TPSA) is 92.5 Å². The molecule has 0 heterocycles. The summed E-state index contributed by atoms with van der Waals surface area (Å²) in [6, 6.07) is 0. The zero-order valence-electron chi connectivity index (χ0n) is 11.5. The van der Waals surface area contributed by atoms with Gasteiger partial charge in [0.1, 0.15) is 0 Å². The van der Waals surface area contributed by atoms with Crippen LogP contribution in [0.4, 0.5) is 0 Å². The Labute approximate surface area is 110 Å². The number of rotatable bonds is 9. The number of hydrogen-bond donors (Lipinski definition) is 2. The van der Waals surface area contributed by atoms with E-state index in [9.17, 15) is 13.2 Å². The molecule has 0 saturated heterocycles. The Morgan fingerprint density at radius 3 is 2.22 bits per heavy atom. The summed E-state index contributed by atoms with van der Waals surface area (Å²) in [6.07, 6.45) is 0.651. The molecule has 18 heavy (non-hydrogen) atoms. The van der Waals surface area contributed by atoms with Crippen molar-refractivity contribution in [2.45, 2.75) is 38.9 Å². The largest absolute Gasteiger partial charge is 0.343 e. The molecule has 3 N–H and O–H groups in total. The van der Waals surface area contributed by atoms with Crippen molar-refractivity contribution >= 4 is 15.9 Å². The van der Waals surface area contributed by atoms with Gasteiger partial charge in [-0.25, -0.2) is 13.1 Å². The first-order valence-electron chi connectivity index (χ1n) is 6.39. The maximum absolute atomic E-state index is 11.8. The highest BCUT2D eigenvalue weighted by molar-refractivity contribution is 7.90. The van der Waals surface area contributed by atoms with Gasteiger partial charge in [0.15, 0.2) is 0 Å². The van der Waals surface area contributed by atoms with Crippen molar-refractivity contribution in [1.29, 1.82) is 0 Å². The van der Waals surface area contributed by atoms with Crippen LogP contribution in [0.15, 0.2) is 0 Å². The maximum atomic E-state index is 11.8. The van der Waals surface area contributed by atoms with E-state index in [2.05, 4.69) is 4.72 Å². The number of carbonyl (C=O) groups excluding carboxylic acids is 1. The molecule has 0 spiro atoms. The standard InChI is InChI=1S/C11H25N3O3S/c1-4-10(9-12)18(16,17)13-8-7-11(15)14(5-2)6-3/h10,13H,4-9,12H2,1-3H3.